The SMILES string of the molecule is CC(C)(C)OC(=O)NCC(O)C(O)c1ccc(F)cc1CO. The molecule has 0 saturated heterocycles. The van der Waals surface area contributed by atoms with E-state index in [0.717, 1.165) is 12.1 Å². The minimum atomic E-state index is -1.38. The van der Waals surface area contributed by atoms with Gasteiger partial charge in [0.25, 0.3) is 0 Å². The van der Waals surface area contributed by atoms with Gasteiger partial charge in [0.05, 0.1) is 6.61 Å². The maximum Gasteiger partial charge on any atom is 0.407 e. The zero-order chi connectivity index (χ0) is 16.9. The number of benzene rings is 1. The van der Waals surface area contributed by atoms with Crippen LogP contribution in [0, 0.1) is 5.82 Å². The van der Waals surface area contributed by atoms with Crippen molar-refractivity contribution in [1.82, 2.24) is 5.32 Å². The molecule has 0 fully saturated rings. The summed E-state index contributed by atoms with van der Waals surface area (Å²) in [7, 11) is 0. The average molecular weight is 315 g/mol. The molecule has 1 aromatic carbocycles. The lowest BCUT2D eigenvalue weighted by atomic mass is 9.98. The molecular formula is C15H22FNO5. The van der Waals surface area contributed by atoms with Crippen LogP contribution in [0.15, 0.2) is 18.2 Å². The highest BCUT2D eigenvalue weighted by Gasteiger charge is 2.23. The van der Waals surface area contributed by atoms with Crippen LogP contribution in [-0.4, -0.2) is 39.7 Å². The zero-order valence-electron chi connectivity index (χ0n) is 12.8. The van der Waals surface area contributed by atoms with Gasteiger partial charge in [-0.05, 0) is 44.0 Å². The number of ether oxygens (including phenoxy) is 1. The van der Waals surface area contributed by atoms with Crippen LogP contribution in [-0.2, 0) is 11.3 Å². The Morgan fingerprint density at radius 1 is 1.36 bits per heavy atom. The summed E-state index contributed by atoms with van der Waals surface area (Å²) in [6, 6.07) is 3.47. The van der Waals surface area contributed by atoms with Crippen molar-refractivity contribution in [2.24, 2.45) is 0 Å². The molecule has 124 valence electrons. The fraction of sp³-hybridized carbons (Fsp3) is 0.533. The number of carbonyl (C=O) groups excluding carboxylic acids is 1. The molecule has 0 aliphatic rings. The topological polar surface area (TPSA) is 99.0 Å². The lowest BCUT2D eigenvalue weighted by Gasteiger charge is -2.23. The van der Waals surface area contributed by atoms with Crippen LogP contribution in [0.3, 0.4) is 0 Å². The Morgan fingerprint density at radius 2 is 2.00 bits per heavy atom. The minimum absolute atomic E-state index is 0.170. The molecule has 0 radical (unpaired) electrons. The molecule has 2 unspecified atom stereocenters. The Hall–Kier alpha value is -1.70. The highest BCUT2D eigenvalue weighted by molar-refractivity contribution is 5.67. The summed E-state index contributed by atoms with van der Waals surface area (Å²) in [5.74, 6) is -0.554. The monoisotopic (exact) mass is 315 g/mol. The number of aliphatic hydroxyl groups is 3. The number of aliphatic hydroxyl groups excluding tert-OH is 3. The Morgan fingerprint density at radius 3 is 2.55 bits per heavy atom. The van der Waals surface area contributed by atoms with Gasteiger partial charge in [0, 0.05) is 6.54 Å². The van der Waals surface area contributed by atoms with E-state index in [1.165, 1.54) is 6.07 Å². The first-order valence-corrected chi connectivity index (χ1v) is 6.86. The Labute approximate surface area is 128 Å². The van der Waals surface area contributed by atoms with Crippen LogP contribution >= 0.6 is 0 Å². The van der Waals surface area contributed by atoms with Crippen molar-refractivity contribution in [1.29, 1.82) is 0 Å². The van der Waals surface area contributed by atoms with E-state index in [1.54, 1.807) is 20.8 Å². The second-order valence-electron chi connectivity index (χ2n) is 5.90. The van der Waals surface area contributed by atoms with Gasteiger partial charge < -0.3 is 25.4 Å². The highest BCUT2D eigenvalue weighted by atomic mass is 19.1. The Balaban J connectivity index is 2.66. The molecule has 1 rings (SSSR count). The van der Waals surface area contributed by atoms with Crippen LogP contribution in [0.5, 0.6) is 0 Å². The number of amides is 1. The number of hydrogen-bond donors (Lipinski definition) is 4. The largest absolute Gasteiger partial charge is 0.444 e. The third kappa shape index (κ3) is 5.59. The fourth-order valence-electron chi connectivity index (χ4n) is 1.82. The van der Waals surface area contributed by atoms with Crippen molar-refractivity contribution >= 4 is 6.09 Å². The molecule has 7 heteroatoms. The average Bonchev–Trinajstić information content (AvgIpc) is 2.42. The van der Waals surface area contributed by atoms with Crippen molar-refractivity contribution in [3.8, 4) is 0 Å². The zero-order valence-corrected chi connectivity index (χ0v) is 12.8. The quantitative estimate of drug-likeness (QED) is 0.655. The van der Waals surface area contributed by atoms with Crippen LogP contribution in [0.2, 0.25) is 0 Å². The van der Waals surface area contributed by atoms with Crippen LogP contribution in [0.1, 0.15) is 38.0 Å². The predicted octanol–water partition coefficient (Wildman–Crippen LogP) is 1.24. The van der Waals surface area contributed by atoms with Gasteiger partial charge in [0.15, 0.2) is 0 Å². The maximum absolute atomic E-state index is 13.1. The summed E-state index contributed by atoms with van der Waals surface area (Å²) in [6.45, 7) is 4.37. The van der Waals surface area contributed by atoms with E-state index in [9.17, 15) is 24.5 Å². The predicted molar refractivity (Wildman–Crippen MR) is 77.5 cm³/mol. The first-order chi connectivity index (χ1) is 10.1. The molecular weight excluding hydrogens is 293 g/mol. The van der Waals surface area contributed by atoms with Gasteiger partial charge in [-0.25, -0.2) is 9.18 Å². The lowest BCUT2D eigenvalue weighted by molar-refractivity contribution is 0.0120. The molecule has 6 nitrogen and oxygen atoms in total. The number of rotatable bonds is 5. The molecule has 0 aliphatic heterocycles. The first kappa shape index (κ1) is 18.3. The summed E-state index contributed by atoms with van der Waals surface area (Å²) in [6.07, 6.45) is -3.43. The number of nitrogens with one attached hydrogen (secondary N) is 1. The Bertz CT molecular complexity index is 515. The summed E-state index contributed by atoms with van der Waals surface area (Å²) >= 11 is 0. The van der Waals surface area contributed by atoms with E-state index >= 15 is 0 Å². The van der Waals surface area contributed by atoms with Gasteiger partial charge in [-0.15, -0.1) is 0 Å². The van der Waals surface area contributed by atoms with E-state index in [-0.39, 0.29) is 17.7 Å². The van der Waals surface area contributed by atoms with Crippen LogP contribution in [0.4, 0.5) is 9.18 Å². The maximum atomic E-state index is 13.1. The molecule has 22 heavy (non-hydrogen) atoms. The molecule has 0 heterocycles. The van der Waals surface area contributed by atoms with Crippen LogP contribution in [0.25, 0.3) is 0 Å². The van der Waals surface area contributed by atoms with Gasteiger partial charge in [-0.1, -0.05) is 6.07 Å². The van der Waals surface area contributed by atoms with Gasteiger partial charge >= 0.3 is 6.09 Å². The fourth-order valence-corrected chi connectivity index (χ4v) is 1.82. The number of hydrogen-bond acceptors (Lipinski definition) is 5. The summed E-state index contributed by atoms with van der Waals surface area (Å²) in [5, 5.41) is 31.5. The molecule has 0 bridgehead atoms. The van der Waals surface area contributed by atoms with Crippen LogP contribution < -0.4 is 5.32 Å². The molecule has 0 spiro atoms. The second kappa shape index (κ2) is 7.53. The minimum Gasteiger partial charge on any atom is -0.444 e. The molecule has 2 atom stereocenters. The van der Waals surface area contributed by atoms with E-state index in [0.29, 0.717) is 0 Å². The van der Waals surface area contributed by atoms with Gasteiger partial charge in [-0.2, -0.15) is 0 Å². The summed E-state index contributed by atoms with van der Waals surface area (Å²) in [4.78, 5) is 11.5. The standard InChI is InChI=1S/C15H22FNO5/c1-15(2,3)22-14(21)17-7-12(19)13(20)11-5-4-10(16)6-9(11)8-18/h4-6,12-13,18-20H,7-8H2,1-3H3,(H,17,21). The molecule has 1 aromatic rings. The van der Waals surface area contributed by atoms with Crippen molar-refractivity contribution in [2.45, 2.75) is 45.2 Å². The van der Waals surface area contributed by atoms with Crippen molar-refractivity contribution in [2.75, 3.05) is 6.54 Å². The van der Waals surface area contributed by atoms with Gasteiger partial charge in [0.2, 0.25) is 0 Å². The number of alkyl carbamates (subject to hydrolysis) is 1. The highest BCUT2D eigenvalue weighted by Crippen LogP contribution is 2.22. The van der Waals surface area contributed by atoms with E-state index in [2.05, 4.69) is 5.32 Å². The number of carbonyl (C=O) groups is 1. The molecule has 1 amide bonds. The molecule has 4 N–H and O–H groups in total. The van der Waals surface area contributed by atoms with E-state index in [1.807, 2.05) is 0 Å². The Kier molecular flexibility index (Phi) is 6.28. The van der Waals surface area contributed by atoms with E-state index in [4.69, 9.17) is 4.74 Å². The van der Waals surface area contributed by atoms with Crippen molar-refractivity contribution in [3.63, 3.8) is 0 Å². The first-order valence-electron chi connectivity index (χ1n) is 6.86. The van der Waals surface area contributed by atoms with Crippen molar-refractivity contribution in [3.05, 3.63) is 35.1 Å². The molecule has 0 aromatic heterocycles. The normalized spacial score (nSPS) is 14.3. The third-order valence-corrected chi connectivity index (χ3v) is 2.81. The van der Waals surface area contributed by atoms with Gasteiger partial charge in [-0.3, -0.25) is 0 Å². The summed E-state index contributed by atoms with van der Waals surface area (Å²) < 4.78 is 18.1. The van der Waals surface area contributed by atoms with Crippen molar-refractivity contribution < 1.29 is 29.2 Å². The number of halogens is 1. The van der Waals surface area contributed by atoms with E-state index < -0.39 is 36.3 Å². The third-order valence-electron chi connectivity index (χ3n) is 2.81. The molecule has 0 aliphatic carbocycles. The molecule has 0 saturated carbocycles. The smallest absolute Gasteiger partial charge is 0.407 e. The second-order valence-corrected chi connectivity index (χ2v) is 5.90. The lowest BCUT2D eigenvalue weighted by Crippen LogP contribution is -2.39. The summed E-state index contributed by atoms with van der Waals surface area (Å²) in [5.41, 5.74) is -0.305. The van der Waals surface area contributed by atoms with Gasteiger partial charge in [0.1, 0.15) is 23.6 Å².